The lowest BCUT2D eigenvalue weighted by atomic mass is 10.0. The third kappa shape index (κ3) is 5.68. The van der Waals surface area contributed by atoms with Gasteiger partial charge in [0.05, 0.1) is 0 Å². The number of amides is 1. The quantitative estimate of drug-likeness (QED) is 0.723. The van der Waals surface area contributed by atoms with Crippen molar-refractivity contribution in [1.29, 1.82) is 0 Å². The molecule has 3 rings (SSSR count). The van der Waals surface area contributed by atoms with Crippen LogP contribution in [0.25, 0.3) is 0 Å². The first-order valence-electron chi connectivity index (χ1n) is 10.9. The molecule has 1 heterocycles. The Kier molecular flexibility index (Phi) is 7.84. The first kappa shape index (κ1) is 21.5. The van der Waals surface area contributed by atoms with E-state index in [4.69, 9.17) is 0 Å². The molecule has 0 aromatic heterocycles. The molecule has 0 bridgehead atoms. The molecule has 0 aliphatic carbocycles. The van der Waals surface area contributed by atoms with Crippen LogP contribution in [-0.2, 0) is 17.9 Å². The van der Waals surface area contributed by atoms with Gasteiger partial charge in [0, 0.05) is 19.1 Å². The van der Waals surface area contributed by atoms with E-state index >= 15 is 0 Å². The van der Waals surface area contributed by atoms with Gasteiger partial charge in [-0.15, -0.1) is 0 Å². The first-order chi connectivity index (χ1) is 14.1. The SMILES string of the molecule is CCN(C)C(C(=O)NCc1ccccc1CN1CCCCC1C)c1ccccc1. The van der Waals surface area contributed by atoms with Crippen LogP contribution >= 0.6 is 0 Å². The monoisotopic (exact) mass is 393 g/mol. The number of piperidine rings is 1. The molecule has 4 nitrogen and oxygen atoms in total. The van der Waals surface area contributed by atoms with E-state index in [1.54, 1.807) is 0 Å². The van der Waals surface area contributed by atoms with E-state index < -0.39 is 0 Å². The lowest BCUT2D eigenvalue weighted by Crippen LogP contribution is -2.39. The van der Waals surface area contributed by atoms with E-state index in [1.807, 2.05) is 37.4 Å². The molecule has 1 saturated heterocycles. The van der Waals surface area contributed by atoms with Crippen LogP contribution in [-0.4, -0.2) is 41.9 Å². The summed E-state index contributed by atoms with van der Waals surface area (Å²) >= 11 is 0. The normalized spacial score (nSPS) is 18.6. The minimum Gasteiger partial charge on any atom is -0.350 e. The Hall–Kier alpha value is -2.17. The molecule has 2 unspecified atom stereocenters. The van der Waals surface area contributed by atoms with Gasteiger partial charge in [-0.2, -0.15) is 0 Å². The van der Waals surface area contributed by atoms with Crippen molar-refractivity contribution in [2.45, 2.75) is 58.3 Å². The van der Waals surface area contributed by atoms with Crippen molar-refractivity contribution in [3.63, 3.8) is 0 Å². The average Bonchev–Trinajstić information content (AvgIpc) is 2.75. The fourth-order valence-electron chi connectivity index (χ4n) is 4.20. The number of likely N-dealkylation sites (tertiary alicyclic amines) is 1. The van der Waals surface area contributed by atoms with E-state index in [0.717, 1.165) is 18.7 Å². The highest BCUT2D eigenvalue weighted by Gasteiger charge is 2.24. The standard InChI is InChI=1S/C25H35N3O/c1-4-27(3)24(21-13-6-5-7-14-21)25(29)26-18-22-15-8-9-16-23(22)19-28-17-11-10-12-20(28)2/h5-9,13-16,20,24H,4,10-12,17-19H2,1-3H3,(H,26,29). The summed E-state index contributed by atoms with van der Waals surface area (Å²) < 4.78 is 0. The molecule has 4 heteroatoms. The second kappa shape index (κ2) is 10.6. The molecule has 1 aliphatic rings. The van der Waals surface area contributed by atoms with Gasteiger partial charge in [0.1, 0.15) is 6.04 Å². The van der Waals surface area contributed by atoms with Crippen LogP contribution in [0.5, 0.6) is 0 Å². The van der Waals surface area contributed by atoms with E-state index in [9.17, 15) is 4.79 Å². The van der Waals surface area contributed by atoms with E-state index in [2.05, 4.69) is 53.2 Å². The average molecular weight is 394 g/mol. The van der Waals surface area contributed by atoms with Gasteiger partial charge in [-0.3, -0.25) is 14.6 Å². The number of carbonyl (C=O) groups is 1. The molecule has 2 atom stereocenters. The van der Waals surface area contributed by atoms with Crippen molar-refractivity contribution in [2.75, 3.05) is 20.1 Å². The number of carbonyl (C=O) groups excluding carboxylic acids is 1. The summed E-state index contributed by atoms with van der Waals surface area (Å²) in [4.78, 5) is 17.8. The Bertz CT molecular complexity index is 777. The van der Waals surface area contributed by atoms with E-state index in [1.165, 1.54) is 36.9 Å². The van der Waals surface area contributed by atoms with Crippen LogP contribution in [0.2, 0.25) is 0 Å². The number of rotatable bonds is 8. The zero-order valence-corrected chi connectivity index (χ0v) is 18.1. The van der Waals surface area contributed by atoms with Gasteiger partial charge in [0.25, 0.3) is 0 Å². The molecule has 29 heavy (non-hydrogen) atoms. The summed E-state index contributed by atoms with van der Waals surface area (Å²) in [5.74, 6) is 0.0571. The van der Waals surface area contributed by atoms with Crippen molar-refractivity contribution in [3.8, 4) is 0 Å². The minimum absolute atomic E-state index is 0.0571. The molecule has 2 aromatic rings. The highest BCUT2D eigenvalue weighted by atomic mass is 16.2. The van der Waals surface area contributed by atoms with Crippen molar-refractivity contribution in [1.82, 2.24) is 15.1 Å². The van der Waals surface area contributed by atoms with Crippen LogP contribution in [0.1, 0.15) is 55.8 Å². The number of nitrogens with zero attached hydrogens (tertiary/aromatic N) is 2. The summed E-state index contributed by atoms with van der Waals surface area (Å²) in [6, 6.07) is 18.9. The molecule has 1 aliphatic heterocycles. The Balaban J connectivity index is 1.69. The molecule has 0 spiro atoms. The lowest BCUT2D eigenvalue weighted by molar-refractivity contribution is -0.126. The maximum atomic E-state index is 13.1. The topological polar surface area (TPSA) is 35.6 Å². The summed E-state index contributed by atoms with van der Waals surface area (Å²) in [6.45, 7) is 7.92. The molecule has 1 amide bonds. The fourth-order valence-corrected chi connectivity index (χ4v) is 4.20. The van der Waals surface area contributed by atoms with E-state index in [-0.39, 0.29) is 11.9 Å². The number of likely N-dealkylation sites (N-methyl/N-ethyl adjacent to an activating group) is 1. The first-order valence-corrected chi connectivity index (χ1v) is 10.9. The molecule has 0 radical (unpaired) electrons. The van der Waals surface area contributed by atoms with Gasteiger partial charge >= 0.3 is 0 Å². The van der Waals surface area contributed by atoms with Crippen molar-refractivity contribution < 1.29 is 4.79 Å². The third-order valence-corrected chi connectivity index (χ3v) is 6.19. The number of benzene rings is 2. The number of hydrogen-bond acceptors (Lipinski definition) is 3. The predicted molar refractivity (Wildman–Crippen MR) is 119 cm³/mol. The number of hydrogen-bond donors (Lipinski definition) is 1. The van der Waals surface area contributed by atoms with Gasteiger partial charge in [-0.1, -0.05) is 67.9 Å². The summed E-state index contributed by atoms with van der Waals surface area (Å²) in [7, 11) is 2.00. The minimum atomic E-state index is -0.268. The molecular formula is C25H35N3O. The smallest absolute Gasteiger partial charge is 0.242 e. The zero-order chi connectivity index (χ0) is 20.6. The Morgan fingerprint density at radius 1 is 1.10 bits per heavy atom. The second-order valence-corrected chi connectivity index (χ2v) is 8.19. The summed E-state index contributed by atoms with van der Waals surface area (Å²) in [5, 5.41) is 3.20. The van der Waals surface area contributed by atoms with Crippen molar-refractivity contribution in [3.05, 3.63) is 71.3 Å². The lowest BCUT2D eigenvalue weighted by Gasteiger charge is -2.34. The van der Waals surface area contributed by atoms with E-state index in [0.29, 0.717) is 12.6 Å². The Labute approximate surface area is 175 Å². The van der Waals surface area contributed by atoms with Crippen LogP contribution in [0, 0.1) is 0 Å². The molecule has 156 valence electrons. The van der Waals surface area contributed by atoms with Crippen molar-refractivity contribution in [2.24, 2.45) is 0 Å². The molecule has 1 fully saturated rings. The molecule has 0 saturated carbocycles. The van der Waals surface area contributed by atoms with Gasteiger partial charge < -0.3 is 5.32 Å². The predicted octanol–water partition coefficient (Wildman–Crippen LogP) is 4.37. The van der Waals surface area contributed by atoms with Gasteiger partial charge in [-0.25, -0.2) is 0 Å². The molecule has 1 N–H and O–H groups in total. The maximum Gasteiger partial charge on any atom is 0.242 e. The van der Waals surface area contributed by atoms with Crippen LogP contribution in [0.15, 0.2) is 54.6 Å². The van der Waals surface area contributed by atoms with Crippen LogP contribution in [0.4, 0.5) is 0 Å². The number of nitrogens with one attached hydrogen (secondary N) is 1. The van der Waals surface area contributed by atoms with Crippen molar-refractivity contribution >= 4 is 5.91 Å². The van der Waals surface area contributed by atoms with Gasteiger partial charge in [0.15, 0.2) is 0 Å². The largest absolute Gasteiger partial charge is 0.350 e. The molecular weight excluding hydrogens is 358 g/mol. The highest BCUT2D eigenvalue weighted by Crippen LogP contribution is 2.22. The molecule has 2 aromatic carbocycles. The Morgan fingerprint density at radius 3 is 2.48 bits per heavy atom. The Morgan fingerprint density at radius 2 is 1.79 bits per heavy atom. The zero-order valence-electron chi connectivity index (χ0n) is 18.1. The summed E-state index contributed by atoms with van der Waals surface area (Å²) in [5.41, 5.74) is 3.57. The fraction of sp³-hybridized carbons (Fsp3) is 0.480. The van der Waals surface area contributed by atoms with Gasteiger partial charge in [-0.05, 0) is 56.6 Å². The maximum absolute atomic E-state index is 13.1. The van der Waals surface area contributed by atoms with Gasteiger partial charge in [0.2, 0.25) is 5.91 Å². The van der Waals surface area contributed by atoms with Crippen LogP contribution < -0.4 is 5.32 Å². The van der Waals surface area contributed by atoms with Crippen LogP contribution in [0.3, 0.4) is 0 Å². The third-order valence-electron chi connectivity index (χ3n) is 6.19. The highest BCUT2D eigenvalue weighted by molar-refractivity contribution is 5.83. The summed E-state index contributed by atoms with van der Waals surface area (Å²) in [6.07, 6.45) is 3.90. The second-order valence-electron chi connectivity index (χ2n) is 8.19.